The molecule has 5 atom stereocenters. The van der Waals surface area contributed by atoms with Crippen molar-refractivity contribution in [3.63, 3.8) is 0 Å². The highest BCUT2D eigenvalue weighted by Crippen LogP contribution is 2.40. The molecule has 1 saturated heterocycles. The summed E-state index contributed by atoms with van der Waals surface area (Å²) >= 11 is 5.87. The summed E-state index contributed by atoms with van der Waals surface area (Å²) in [6, 6.07) is 8.17. The van der Waals surface area contributed by atoms with Gasteiger partial charge in [-0.2, -0.15) is 13.2 Å². The predicted molar refractivity (Wildman–Crippen MR) is 199 cm³/mol. The van der Waals surface area contributed by atoms with Gasteiger partial charge in [-0.15, -0.1) is 0 Å². The molecule has 2 aromatic carbocycles. The highest BCUT2D eigenvalue weighted by molar-refractivity contribution is 7.80. The highest BCUT2D eigenvalue weighted by Gasteiger charge is 2.47. The first-order valence-electron chi connectivity index (χ1n) is 18.4. The SMILES string of the molecule is CCC(C)[C@H](NC(=O)Cc1ccccc1F)C(=O)N[C@]1(C(=O)N[C@H](C(=S)NC2CCOCC2)C(C)CC)CCc2[nH]c3c(C(F)(F)F)cccc3c2C1. The Hall–Kier alpha value is -4.04. The van der Waals surface area contributed by atoms with Crippen molar-refractivity contribution in [3.05, 3.63) is 70.7 Å². The Morgan fingerprint density at radius 1 is 0.981 bits per heavy atom. The molecule has 5 rings (SSSR count). The summed E-state index contributed by atoms with van der Waals surface area (Å²) in [6.45, 7) is 8.78. The van der Waals surface area contributed by atoms with Gasteiger partial charge in [0.25, 0.3) is 0 Å². The van der Waals surface area contributed by atoms with Crippen LogP contribution >= 0.6 is 12.2 Å². The molecule has 3 amide bonds. The number of hydrogen-bond donors (Lipinski definition) is 5. The monoisotopic (exact) mass is 759 g/mol. The number of rotatable bonds is 13. The van der Waals surface area contributed by atoms with Crippen molar-refractivity contribution >= 4 is 45.8 Å². The van der Waals surface area contributed by atoms with E-state index in [2.05, 4.69) is 26.3 Å². The minimum atomic E-state index is -4.61. The molecular weight excluding hydrogens is 711 g/mol. The van der Waals surface area contributed by atoms with Gasteiger partial charge in [-0.05, 0) is 60.8 Å². The van der Waals surface area contributed by atoms with Crippen molar-refractivity contribution in [1.82, 2.24) is 26.3 Å². The van der Waals surface area contributed by atoms with Crippen molar-refractivity contribution in [2.45, 2.75) is 109 Å². The second-order valence-electron chi connectivity index (χ2n) is 14.5. The number of amides is 3. The van der Waals surface area contributed by atoms with Crippen LogP contribution in [0.3, 0.4) is 0 Å². The number of carbonyl (C=O) groups is 3. The van der Waals surface area contributed by atoms with Crippen molar-refractivity contribution in [2.75, 3.05) is 13.2 Å². The number of fused-ring (bicyclic) bond motifs is 3. The van der Waals surface area contributed by atoms with Crippen LogP contribution in [-0.2, 0) is 44.6 Å². The van der Waals surface area contributed by atoms with Crippen molar-refractivity contribution in [3.8, 4) is 0 Å². The summed E-state index contributed by atoms with van der Waals surface area (Å²) in [5, 5.41) is 12.6. The molecule has 2 aliphatic rings. The van der Waals surface area contributed by atoms with Crippen molar-refractivity contribution < 1.29 is 36.7 Å². The number of H-pyrrole nitrogens is 1. The Kier molecular flexibility index (Phi) is 12.9. The average molecular weight is 760 g/mol. The predicted octanol–water partition coefficient (Wildman–Crippen LogP) is 6.07. The Morgan fingerprint density at radius 3 is 2.32 bits per heavy atom. The number of benzene rings is 2. The lowest BCUT2D eigenvalue weighted by Gasteiger charge is -2.40. The molecule has 0 radical (unpaired) electrons. The van der Waals surface area contributed by atoms with Crippen LogP contribution in [0.2, 0.25) is 0 Å². The molecule has 288 valence electrons. The summed E-state index contributed by atoms with van der Waals surface area (Å²) in [4.78, 5) is 45.8. The molecule has 3 aromatic rings. The number of ether oxygens (including phenoxy) is 1. The van der Waals surface area contributed by atoms with Gasteiger partial charge in [0.05, 0.1) is 28.5 Å². The molecular formula is C39H49F4N5O4S. The molecule has 0 spiro atoms. The minimum Gasteiger partial charge on any atom is -0.381 e. The maximum atomic E-state index is 14.8. The fourth-order valence-corrected chi connectivity index (χ4v) is 7.69. The Balaban J connectivity index is 1.49. The first-order valence-corrected chi connectivity index (χ1v) is 18.8. The van der Waals surface area contributed by atoms with Gasteiger partial charge in [-0.1, -0.05) is 83.1 Å². The fourth-order valence-electron chi connectivity index (χ4n) is 7.23. The topological polar surface area (TPSA) is 124 Å². The van der Waals surface area contributed by atoms with E-state index in [-0.39, 0.29) is 54.6 Å². The van der Waals surface area contributed by atoms with Crippen LogP contribution in [0.5, 0.6) is 0 Å². The first kappa shape index (κ1) is 40.2. The lowest BCUT2D eigenvalue weighted by molar-refractivity contribution is -0.137. The van der Waals surface area contributed by atoms with Crippen LogP contribution in [0.25, 0.3) is 10.9 Å². The van der Waals surface area contributed by atoms with E-state index in [0.717, 1.165) is 18.9 Å². The number of carbonyl (C=O) groups excluding carboxylic acids is 3. The summed E-state index contributed by atoms with van der Waals surface area (Å²) in [5.74, 6) is -2.76. The van der Waals surface area contributed by atoms with E-state index in [0.29, 0.717) is 47.7 Å². The minimum absolute atomic E-state index is 0.0650. The lowest BCUT2D eigenvalue weighted by atomic mass is 9.78. The van der Waals surface area contributed by atoms with E-state index >= 15 is 0 Å². The first-order chi connectivity index (χ1) is 25.2. The Morgan fingerprint density at radius 2 is 1.66 bits per heavy atom. The zero-order chi connectivity index (χ0) is 38.5. The molecule has 14 heteroatoms. The normalized spacial score (nSPS) is 20.1. The van der Waals surface area contributed by atoms with Crippen LogP contribution in [-0.4, -0.2) is 64.6 Å². The molecule has 1 aliphatic carbocycles. The number of nitrogens with one attached hydrogen (secondary N) is 5. The van der Waals surface area contributed by atoms with Gasteiger partial charge >= 0.3 is 6.18 Å². The molecule has 1 fully saturated rings. The number of aryl methyl sites for hydroxylation is 1. The Bertz CT molecular complexity index is 1810. The van der Waals surface area contributed by atoms with E-state index in [9.17, 15) is 31.9 Å². The quantitative estimate of drug-likeness (QED) is 0.107. The van der Waals surface area contributed by atoms with Gasteiger partial charge in [-0.25, -0.2) is 4.39 Å². The van der Waals surface area contributed by atoms with Crippen LogP contribution in [0.4, 0.5) is 17.6 Å². The molecule has 0 saturated carbocycles. The third-order valence-electron chi connectivity index (χ3n) is 10.9. The Labute approximate surface area is 312 Å². The number of hydrogen-bond acceptors (Lipinski definition) is 5. The van der Waals surface area contributed by atoms with Crippen LogP contribution < -0.4 is 21.3 Å². The summed E-state index contributed by atoms with van der Waals surface area (Å²) in [5.41, 5.74) is -1.29. The molecule has 2 heterocycles. The van der Waals surface area contributed by atoms with E-state index in [1.54, 1.807) is 19.1 Å². The molecule has 5 N–H and O–H groups in total. The number of thiocarbonyl (C=S) groups is 1. The second-order valence-corrected chi connectivity index (χ2v) is 14.9. The molecule has 0 bridgehead atoms. The lowest BCUT2D eigenvalue weighted by Crippen LogP contribution is -2.67. The second kappa shape index (κ2) is 17.0. The van der Waals surface area contributed by atoms with Crippen LogP contribution in [0.1, 0.15) is 82.2 Å². The van der Waals surface area contributed by atoms with E-state index in [1.165, 1.54) is 24.3 Å². The summed E-state index contributed by atoms with van der Waals surface area (Å²) in [7, 11) is 0. The number of alkyl halides is 3. The van der Waals surface area contributed by atoms with Gasteiger partial charge in [-0.3, -0.25) is 14.4 Å². The van der Waals surface area contributed by atoms with Gasteiger partial charge in [0.15, 0.2) is 0 Å². The fraction of sp³-hybridized carbons (Fsp3) is 0.538. The molecule has 53 heavy (non-hydrogen) atoms. The third kappa shape index (κ3) is 9.20. The zero-order valence-electron chi connectivity index (χ0n) is 30.6. The van der Waals surface area contributed by atoms with E-state index in [1.807, 2.05) is 20.8 Å². The van der Waals surface area contributed by atoms with Gasteiger partial charge in [0, 0.05) is 36.8 Å². The average Bonchev–Trinajstić information content (AvgIpc) is 3.50. The van der Waals surface area contributed by atoms with Gasteiger partial charge in [0.1, 0.15) is 17.4 Å². The van der Waals surface area contributed by atoms with Crippen LogP contribution in [0.15, 0.2) is 42.5 Å². The smallest absolute Gasteiger partial charge is 0.381 e. The van der Waals surface area contributed by atoms with Crippen molar-refractivity contribution in [1.29, 1.82) is 0 Å². The van der Waals surface area contributed by atoms with Crippen LogP contribution in [0, 0.1) is 17.7 Å². The van der Waals surface area contributed by atoms with Gasteiger partial charge < -0.3 is 31.0 Å². The molecule has 2 unspecified atom stereocenters. The third-order valence-corrected chi connectivity index (χ3v) is 11.3. The standard InChI is InChI=1S/C39H49F4N5O4S/c1-5-22(3)32(46-31(49)20-24-10-7-8-13-29(24)40)35(50)48-38(37(51)47-33(23(4)6-2)36(53)44-25-15-18-52-19-16-25)17-14-30-27(21-38)26-11-9-12-28(34(26)45-30)39(41,42)43/h7-13,22-23,25,32-33,45H,5-6,14-21H2,1-4H3,(H,44,53)(H,46,49)(H,47,51)(H,48,50)/t22?,23?,32-,33-,38+/m0/s1. The summed E-state index contributed by atoms with van der Waals surface area (Å²) < 4.78 is 62.1. The maximum Gasteiger partial charge on any atom is 0.418 e. The summed E-state index contributed by atoms with van der Waals surface area (Å²) in [6.07, 6.45) is -2.11. The van der Waals surface area contributed by atoms with Crippen molar-refractivity contribution in [2.24, 2.45) is 11.8 Å². The van der Waals surface area contributed by atoms with Gasteiger partial charge in [0.2, 0.25) is 17.7 Å². The zero-order valence-corrected chi connectivity index (χ0v) is 31.4. The number of aromatic nitrogens is 1. The van der Waals surface area contributed by atoms with E-state index < -0.39 is 52.9 Å². The number of para-hydroxylation sites is 1. The molecule has 1 aliphatic heterocycles. The molecule has 1 aromatic heterocycles. The highest BCUT2D eigenvalue weighted by atomic mass is 32.1. The largest absolute Gasteiger partial charge is 0.418 e. The maximum absolute atomic E-state index is 14.8. The number of aromatic amines is 1. The number of halogens is 4. The van der Waals surface area contributed by atoms with E-state index in [4.69, 9.17) is 17.0 Å². The molecule has 9 nitrogen and oxygen atoms in total.